The number of hydrogen-bond acceptors (Lipinski definition) is 5. The summed E-state index contributed by atoms with van der Waals surface area (Å²) in [5.74, 6) is -0.289. The predicted molar refractivity (Wildman–Crippen MR) is 68.9 cm³/mol. The van der Waals surface area contributed by atoms with Gasteiger partial charge in [0.25, 0.3) is 0 Å². The van der Waals surface area contributed by atoms with Gasteiger partial charge in [0.05, 0.1) is 19.4 Å². The molecule has 2 N–H and O–H groups in total. The summed E-state index contributed by atoms with van der Waals surface area (Å²) in [4.78, 5) is 9.88. The average Bonchev–Trinajstić information content (AvgIpc) is 2.87. The lowest BCUT2D eigenvalue weighted by molar-refractivity contribution is 0.0449. The maximum absolute atomic E-state index is 12.8. The van der Waals surface area contributed by atoms with E-state index in [1.54, 1.807) is 19.1 Å². The van der Waals surface area contributed by atoms with E-state index in [2.05, 4.69) is 9.89 Å². The summed E-state index contributed by atoms with van der Waals surface area (Å²) < 4.78 is 22.0. The van der Waals surface area contributed by atoms with E-state index in [4.69, 9.17) is 15.1 Å². The maximum Gasteiger partial charge on any atom is 0.506 e. The molecular weight excluding hydrogens is 269 g/mol. The van der Waals surface area contributed by atoms with Crippen molar-refractivity contribution in [3.05, 3.63) is 35.1 Å². The van der Waals surface area contributed by atoms with Crippen LogP contribution in [-0.4, -0.2) is 42.0 Å². The first-order valence-electron chi connectivity index (χ1n) is 5.94. The van der Waals surface area contributed by atoms with Crippen LogP contribution in [0.3, 0.4) is 0 Å². The number of oxime groups is 1. The monoisotopic (exact) mass is 285 g/mol. The standard InChI is InChI=1S/C8H8FNO.C5H8O4/c1-6-2-3-7(5-10-11)4-8(6)9;6-5(7)9-4-1-2-8-3-4/h2-5,11H,1H3;4H,1-3H2,(H,6,7). The van der Waals surface area contributed by atoms with Gasteiger partial charge in [0, 0.05) is 6.42 Å². The number of rotatable bonds is 2. The van der Waals surface area contributed by atoms with E-state index < -0.39 is 6.16 Å². The van der Waals surface area contributed by atoms with Crippen molar-refractivity contribution in [1.82, 2.24) is 0 Å². The quantitative estimate of drug-likeness (QED) is 0.377. The van der Waals surface area contributed by atoms with E-state index in [1.807, 2.05) is 0 Å². The van der Waals surface area contributed by atoms with Gasteiger partial charge in [-0.25, -0.2) is 9.18 Å². The molecule has 1 unspecified atom stereocenters. The molecule has 0 bridgehead atoms. The third-order valence-corrected chi connectivity index (χ3v) is 2.56. The van der Waals surface area contributed by atoms with Gasteiger partial charge in [-0.3, -0.25) is 0 Å². The second-order valence-electron chi connectivity index (χ2n) is 4.12. The minimum absolute atomic E-state index is 0.234. The second kappa shape index (κ2) is 8.11. The fourth-order valence-electron chi connectivity index (χ4n) is 1.50. The molecule has 0 aliphatic carbocycles. The van der Waals surface area contributed by atoms with Gasteiger partial charge in [0.2, 0.25) is 0 Å². The molecule has 1 aromatic carbocycles. The highest BCUT2D eigenvalue weighted by Crippen LogP contribution is 2.07. The molecule has 0 radical (unpaired) electrons. The van der Waals surface area contributed by atoms with Crippen molar-refractivity contribution in [3.8, 4) is 0 Å². The Morgan fingerprint density at radius 2 is 2.35 bits per heavy atom. The molecule has 7 heteroatoms. The average molecular weight is 285 g/mol. The highest BCUT2D eigenvalue weighted by molar-refractivity contribution is 5.79. The summed E-state index contributed by atoms with van der Waals surface area (Å²) in [5.41, 5.74) is 1.13. The maximum atomic E-state index is 12.8. The second-order valence-corrected chi connectivity index (χ2v) is 4.12. The normalized spacial score (nSPS) is 17.6. The van der Waals surface area contributed by atoms with Crippen molar-refractivity contribution in [2.24, 2.45) is 5.16 Å². The molecule has 1 fully saturated rings. The van der Waals surface area contributed by atoms with Crippen LogP contribution in [0.1, 0.15) is 17.5 Å². The van der Waals surface area contributed by atoms with Crippen LogP contribution < -0.4 is 0 Å². The predicted octanol–water partition coefficient (Wildman–Crippen LogP) is 2.41. The van der Waals surface area contributed by atoms with Gasteiger partial charge in [0.15, 0.2) is 0 Å². The van der Waals surface area contributed by atoms with E-state index in [-0.39, 0.29) is 11.9 Å². The Labute approximate surface area is 115 Å². The fraction of sp³-hybridized carbons (Fsp3) is 0.385. The first-order valence-corrected chi connectivity index (χ1v) is 5.94. The zero-order valence-corrected chi connectivity index (χ0v) is 11.0. The molecule has 0 saturated carbocycles. The molecule has 0 amide bonds. The lowest BCUT2D eigenvalue weighted by Crippen LogP contribution is -2.15. The molecule has 110 valence electrons. The summed E-state index contributed by atoms with van der Waals surface area (Å²) in [6, 6.07) is 4.62. The number of aryl methyl sites for hydroxylation is 1. The summed E-state index contributed by atoms with van der Waals surface area (Å²) >= 11 is 0. The molecule has 6 nitrogen and oxygen atoms in total. The van der Waals surface area contributed by atoms with Gasteiger partial charge < -0.3 is 19.8 Å². The largest absolute Gasteiger partial charge is 0.506 e. The summed E-state index contributed by atoms with van der Waals surface area (Å²) in [6.45, 7) is 2.69. The fourth-order valence-corrected chi connectivity index (χ4v) is 1.50. The number of nitrogens with zero attached hydrogens (tertiary/aromatic N) is 1. The number of hydrogen-bond donors (Lipinski definition) is 2. The number of carboxylic acid groups (broad SMARTS) is 1. The van der Waals surface area contributed by atoms with Crippen LogP contribution in [0, 0.1) is 12.7 Å². The molecule has 2 rings (SSSR count). The Kier molecular flexibility index (Phi) is 6.45. The molecule has 1 atom stereocenters. The zero-order chi connectivity index (χ0) is 15.0. The van der Waals surface area contributed by atoms with E-state index in [0.717, 1.165) is 0 Å². The Hall–Kier alpha value is -2.15. The van der Waals surface area contributed by atoms with Crippen LogP contribution in [0.15, 0.2) is 23.4 Å². The summed E-state index contributed by atoms with van der Waals surface area (Å²) in [7, 11) is 0. The van der Waals surface area contributed by atoms with Crippen LogP contribution in [0.4, 0.5) is 9.18 Å². The third kappa shape index (κ3) is 5.66. The molecule has 20 heavy (non-hydrogen) atoms. The first-order chi connectivity index (χ1) is 9.52. The Balaban J connectivity index is 0.000000204. The van der Waals surface area contributed by atoms with E-state index >= 15 is 0 Å². The third-order valence-electron chi connectivity index (χ3n) is 2.56. The molecule has 1 heterocycles. The highest BCUT2D eigenvalue weighted by atomic mass is 19.1. The minimum atomic E-state index is -1.22. The van der Waals surface area contributed by atoms with Crippen LogP contribution in [0.25, 0.3) is 0 Å². The molecule has 0 aromatic heterocycles. The van der Waals surface area contributed by atoms with Crippen LogP contribution in [0.5, 0.6) is 0 Å². The summed E-state index contributed by atoms with van der Waals surface area (Å²) in [5, 5.41) is 19.0. The number of ether oxygens (including phenoxy) is 2. The molecular formula is C13H16FNO5. The summed E-state index contributed by atoms with van der Waals surface area (Å²) in [6.07, 6.45) is 0.419. The van der Waals surface area contributed by atoms with E-state index in [0.29, 0.717) is 30.8 Å². The van der Waals surface area contributed by atoms with E-state index in [1.165, 1.54) is 12.3 Å². The number of halogens is 1. The zero-order valence-electron chi connectivity index (χ0n) is 11.0. The van der Waals surface area contributed by atoms with Crippen molar-refractivity contribution in [2.75, 3.05) is 13.2 Å². The SMILES string of the molecule is Cc1ccc(C=NO)cc1F.O=C(O)OC1CCOC1. The van der Waals surface area contributed by atoms with E-state index in [9.17, 15) is 9.18 Å². The van der Waals surface area contributed by atoms with Crippen LogP contribution in [0.2, 0.25) is 0 Å². The van der Waals surface area contributed by atoms with Crippen molar-refractivity contribution in [2.45, 2.75) is 19.4 Å². The topological polar surface area (TPSA) is 88.4 Å². The highest BCUT2D eigenvalue weighted by Gasteiger charge is 2.18. The molecule has 1 aliphatic rings. The van der Waals surface area contributed by atoms with Crippen molar-refractivity contribution >= 4 is 12.4 Å². The van der Waals surface area contributed by atoms with Gasteiger partial charge in [-0.15, -0.1) is 0 Å². The van der Waals surface area contributed by atoms with Gasteiger partial charge in [0.1, 0.15) is 11.9 Å². The lowest BCUT2D eigenvalue weighted by atomic mass is 10.1. The van der Waals surface area contributed by atoms with Gasteiger partial charge in [-0.1, -0.05) is 17.3 Å². The van der Waals surface area contributed by atoms with Gasteiger partial charge in [-0.2, -0.15) is 0 Å². The smallest absolute Gasteiger partial charge is 0.450 e. The molecule has 1 aromatic rings. The first kappa shape index (κ1) is 15.9. The number of carbonyl (C=O) groups is 1. The van der Waals surface area contributed by atoms with Crippen LogP contribution in [-0.2, 0) is 9.47 Å². The Morgan fingerprint density at radius 1 is 1.60 bits per heavy atom. The van der Waals surface area contributed by atoms with Crippen molar-refractivity contribution in [3.63, 3.8) is 0 Å². The minimum Gasteiger partial charge on any atom is -0.450 e. The Morgan fingerprint density at radius 3 is 2.85 bits per heavy atom. The molecule has 1 aliphatic heterocycles. The molecule has 0 spiro atoms. The molecule has 1 saturated heterocycles. The number of benzene rings is 1. The van der Waals surface area contributed by atoms with Crippen LogP contribution >= 0.6 is 0 Å². The van der Waals surface area contributed by atoms with Gasteiger partial charge >= 0.3 is 6.16 Å². The Bertz CT molecular complexity index is 472. The van der Waals surface area contributed by atoms with Gasteiger partial charge in [-0.05, 0) is 24.1 Å². The lowest BCUT2D eigenvalue weighted by Gasteiger charge is -2.03. The van der Waals surface area contributed by atoms with Crippen molar-refractivity contribution < 1.29 is 29.0 Å². The van der Waals surface area contributed by atoms with Crippen molar-refractivity contribution in [1.29, 1.82) is 0 Å².